The van der Waals surface area contributed by atoms with Gasteiger partial charge in [-0.1, -0.05) is 31.5 Å². The molecule has 1 aliphatic rings. The Hall–Kier alpha value is -3.48. The molecular formula is C21H18FNO5. The van der Waals surface area contributed by atoms with E-state index in [2.05, 4.69) is 0 Å². The fourth-order valence-corrected chi connectivity index (χ4v) is 2.79. The molecule has 2 aromatic carbocycles. The molecule has 6 nitrogen and oxygen atoms in total. The molecule has 0 saturated carbocycles. The lowest BCUT2D eigenvalue weighted by Gasteiger charge is -2.15. The van der Waals surface area contributed by atoms with Crippen LogP contribution < -0.4 is 4.90 Å². The van der Waals surface area contributed by atoms with E-state index in [1.807, 2.05) is 6.92 Å². The molecule has 1 aliphatic heterocycles. The number of hydrogen-bond acceptors (Lipinski definition) is 5. The van der Waals surface area contributed by atoms with Gasteiger partial charge in [-0.3, -0.25) is 9.59 Å². The van der Waals surface area contributed by atoms with Crippen LogP contribution in [-0.4, -0.2) is 29.5 Å². The van der Waals surface area contributed by atoms with E-state index in [1.165, 1.54) is 36.4 Å². The standard InChI is InChI=1S/C21H18FNO5/c1-2-3-11-28-21(27)14-5-4-6-16(12-14)23-19(25)17(18(24)20(23)26)13-7-9-15(22)10-8-13/h4-10,12,24H,2-3,11H2,1H3. The second-order valence-electron chi connectivity index (χ2n) is 6.22. The van der Waals surface area contributed by atoms with Crippen molar-refractivity contribution in [2.24, 2.45) is 0 Å². The maximum Gasteiger partial charge on any atom is 0.338 e. The Kier molecular flexibility index (Phi) is 5.54. The summed E-state index contributed by atoms with van der Waals surface area (Å²) in [5.74, 6) is -3.48. The third kappa shape index (κ3) is 3.64. The molecule has 0 aliphatic carbocycles. The quantitative estimate of drug-likeness (QED) is 0.468. The monoisotopic (exact) mass is 383 g/mol. The third-order valence-electron chi connectivity index (χ3n) is 4.26. The minimum Gasteiger partial charge on any atom is -0.502 e. The van der Waals surface area contributed by atoms with Gasteiger partial charge in [0.15, 0.2) is 5.76 Å². The van der Waals surface area contributed by atoms with Crippen molar-refractivity contribution in [3.05, 3.63) is 71.2 Å². The van der Waals surface area contributed by atoms with Gasteiger partial charge < -0.3 is 9.84 Å². The van der Waals surface area contributed by atoms with Crippen molar-refractivity contribution in [1.82, 2.24) is 0 Å². The van der Waals surface area contributed by atoms with Crippen molar-refractivity contribution in [2.75, 3.05) is 11.5 Å². The predicted molar refractivity (Wildman–Crippen MR) is 100 cm³/mol. The number of aliphatic hydroxyl groups is 1. The van der Waals surface area contributed by atoms with Gasteiger partial charge >= 0.3 is 11.9 Å². The summed E-state index contributed by atoms with van der Waals surface area (Å²) in [5.41, 5.74) is 0.309. The van der Waals surface area contributed by atoms with Gasteiger partial charge in [0.25, 0.3) is 5.91 Å². The zero-order valence-electron chi connectivity index (χ0n) is 15.1. The number of benzene rings is 2. The van der Waals surface area contributed by atoms with Crippen LogP contribution in [0.15, 0.2) is 54.3 Å². The van der Waals surface area contributed by atoms with E-state index < -0.39 is 29.4 Å². The fraction of sp³-hybridized carbons (Fsp3) is 0.190. The number of nitrogens with zero attached hydrogens (tertiary/aromatic N) is 1. The Morgan fingerprint density at radius 3 is 2.50 bits per heavy atom. The number of esters is 1. The molecule has 2 amide bonds. The Labute approximate surface area is 160 Å². The number of imide groups is 1. The second-order valence-corrected chi connectivity index (χ2v) is 6.22. The molecule has 28 heavy (non-hydrogen) atoms. The molecule has 2 aromatic rings. The lowest BCUT2D eigenvalue weighted by atomic mass is 10.1. The smallest absolute Gasteiger partial charge is 0.338 e. The summed E-state index contributed by atoms with van der Waals surface area (Å²) in [4.78, 5) is 38.1. The zero-order valence-corrected chi connectivity index (χ0v) is 15.1. The fourth-order valence-electron chi connectivity index (χ4n) is 2.79. The highest BCUT2D eigenvalue weighted by Gasteiger charge is 2.40. The summed E-state index contributed by atoms with van der Waals surface area (Å²) in [6.45, 7) is 2.25. The van der Waals surface area contributed by atoms with E-state index in [0.29, 0.717) is 0 Å². The Balaban J connectivity index is 1.88. The predicted octanol–water partition coefficient (Wildman–Crippen LogP) is 3.63. The molecule has 144 valence electrons. The van der Waals surface area contributed by atoms with Crippen LogP contribution in [0.2, 0.25) is 0 Å². The van der Waals surface area contributed by atoms with Crippen LogP contribution in [0.1, 0.15) is 35.7 Å². The number of carbonyl (C=O) groups excluding carboxylic acids is 3. The van der Waals surface area contributed by atoms with E-state index in [-0.39, 0.29) is 29.0 Å². The normalized spacial score (nSPS) is 14.0. The summed E-state index contributed by atoms with van der Waals surface area (Å²) in [5, 5.41) is 10.2. The molecule has 0 bridgehead atoms. The van der Waals surface area contributed by atoms with Gasteiger partial charge in [0.05, 0.1) is 23.4 Å². The highest BCUT2D eigenvalue weighted by Crippen LogP contribution is 2.32. The third-order valence-corrected chi connectivity index (χ3v) is 4.26. The molecule has 0 atom stereocenters. The van der Waals surface area contributed by atoms with E-state index in [9.17, 15) is 23.9 Å². The molecule has 0 fully saturated rings. The molecular weight excluding hydrogens is 365 g/mol. The maximum atomic E-state index is 13.1. The number of ether oxygens (including phenoxy) is 1. The number of halogens is 1. The molecule has 1 heterocycles. The minimum absolute atomic E-state index is 0.128. The number of carbonyl (C=O) groups is 3. The van der Waals surface area contributed by atoms with Crippen LogP contribution in [0.4, 0.5) is 10.1 Å². The van der Waals surface area contributed by atoms with Crippen molar-refractivity contribution < 1.29 is 28.6 Å². The maximum absolute atomic E-state index is 13.1. The summed E-state index contributed by atoms with van der Waals surface area (Å²) in [6.07, 6.45) is 1.61. The molecule has 0 radical (unpaired) electrons. The summed E-state index contributed by atoms with van der Waals surface area (Å²) < 4.78 is 18.3. The SMILES string of the molecule is CCCCOC(=O)c1cccc(N2C(=O)C(O)=C(c3ccc(F)cc3)C2=O)c1. The zero-order chi connectivity index (χ0) is 20.3. The van der Waals surface area contributed by atoms with Crippen molar-refractivity contribution in [1.29, 1.82) is 0 Å². The first-order valence-corrected chi connectivity index (χ1v) is 8.79. The van der Waals surface area contributed by atoms with Crippen LogP contribution in [0.5, 0.6) is 0 Å². The average Bonchev–Trinajstić information content (AvgIpc) is 2.91. The highest BCUT2D eigenvalue weighted by atomic mass is 19.1. The molecule has 0 saturated heterocycles. The van der Waals surface area contributed by atoms with Crippen molar-refractivity contribution in [2.45, 2.75) is 19.8 Å². The van der Waals surface area contributed by atoms with Crippen LogP contribution in [-0.2, 0) is 14.3 Å². The molecule has 7 heteroatoms. The number of anilines is 1. The molecule has 1 N–H and O–H groups in total. The first-order chi connectivity index (χ1) is 13.4. The van der Waals surface area contributed by atoms with Gasteiger partial charge in [-0.2, -0.15) is 0 Å². The summed E-state index contributed by atoms with van der Waals surface area (Å²) >= 11 is 0. The number of amides is 2. The van der Waals surface area contributed by atoms with E-state index in [0.717, 1.165) is 29.9 Å². The number of rotatable bonds is 6. The molecule has 0 spiro atoms. The van der Waals surface area contributed by atoms with Crippen molar-refractivity contribution in [3.8, 4) is 0 Å². The van der Waals surface area contributed by atoms with Crippen molar-refractivity contribution in [3.63, 3.8) is 0 Å². The largest absolute Gasteiger partial charge is 0.502 e. The van der Waals surface area contributed by atoms with Gasteiger partial charge in [-0.15, -0.1) is 0 Å². The molecule has 0 unspecified atom stereocenters. The lowest BCUT2D eigenvalue weighted by molar-refractivity contribution is -0.121. The Morgan fingerprint density at radius 1 is 1.11 bits per heavy atom. The van der Waals surface area contributed by atoms with Crippen molar-refractivity contribution >= 4 is 29.0 Å². The Bertz CT molecular complexity index is 965. The van der Waals surface area contributed by atoms with Gasteiger partial charge in [0.2, 0.25) is 0 Å². The Morgan fingerprint density at radius 2 is 1.82 bits per heavy atom. The number of unbranched alkanes of at least 4 members (excludes halogenated alkanes) is 1. The second kappa shape index (κ2) is 8.04. The minimum atomic E-state index is -0.916. The van der Waals surface area contributed by atoms with Gasteiger partial charge in [-0.25, -0.2) is 14.1 Å². The number of hydrogen-bond donors (Lipinski definition) is 1. The summed E-state index contributed by atoms with van der Waals surface area (Å²) in [7, 11) is 0. The topological polar surface area (TPSA) is 83.9 Å². The highest BCUT2D eigenvalue weighted by molar-refractivity contribution is 6.44. The summed E-state index contributed by atoms with van der Waals surface area (Å²) in [6, 6.07) is 10.7. The first-order valence-electron chi connectivity index (χ1n) is 8.79. The van der Waals surface area contributed by atoms with Gasteiger partial charge in [0, 0.05) is 0 Å². The van der Waals surface area contributed by atoms with Crippen LogP contribution in [0.25, 0.3) is 5.57 Å². The first kappa shape index (κ1) is 19.3. The van der Waals surface area contributed by atoms with Gasteiger partial charge in [-0.05, 0) is 42.3 Å². The van der Waals surface area contributed by atoms with E-state index in [4.69, 9.17) is 4.74 Å². The van der Waals surface area contributed by atoms with Gasteiger partial charge in [0.1, 0.15) is 5.82 Å². The average molecular weight is 383 g/mol. The number of aliphatic hydroxyl groups excluding tert-OH is 1. The lowest BCUT2D eigenvalue weighted by Crippen LogP contribution is -2.31. The van der Waals surface area contributed by atoms with Crippen LogP contribution in [0.3, 0.4) is 0 Å². The van der Waals surface area contributed by atoms with Crippen LogP contribution in [0, 0.1) is 5.82 Å². The van der Waals surface area contributed by atoms with E-state index in [1.54, 1.807) is 0 Å². The molecule has 3 rings (SSSR count). The van der Waals surface area contributed by atoms with Crippen LogP contribution >= 0.6 is 0 Å². The molecule has 0 aromatic heterocycles. The van der Waals surface area contributed by atoms with E-state index >= 15 is 0 Å².